The van der Waals surface area contributed by atoms with Gasteiger partial charge in [-0.15, -0.1) is 0 Å². The van der Waals surface area contributed by atoms with Gasteiger partial charge in [0.1, 0.15) is 0 Å². The normalized spacial score (nSPS) is 11.7. The Morgan fingerprint density at radius 1 is 1.29 bits per heavy atom. The summed E-state index contributed by atoms with van der Waals surface area (Å²) in [4.78, 5) is 22.9. The Balaban J connectivity index is 3.47. The van der Waals surface area contributed by atoms with Crippen LogP contribution in [0.1, 0.15) is 13.8 Å². The molecule has 5 nitrogen and oxygen atoms in total. The molecule has 0 aliphatic rings. The highest BCUT2D eigenvalue weighted by Crippen LogP contribution is 2.07. The molecule has 0 amide bonds. The SMILES string of the molecule is Cn1ccn(C(C)(C)CN)c(=O)c1=O. The van der Waals surface area contributed by atoms with Gasteiger partial charge in [-0.3, -0.25) is 9.59 Å². The fourth-order valence-corrected chi connectivity index (χ4v) is 1.13. The summed E-state index contributed by atoms with van der Waals surface area (Å²) in [6, 6.07) is 0. The maximum Gasteiger partial charge on any atom is 0.316 e. The van der Waals surface area contributed by atoms with E-state index in [0.717, 1.165) is 0 Å². The third-order valence-corrected chi connectivity index (χ3v) is 2.31. The van der Waals surface area contributed by atoms with E-state index in [1.165, 1.54) is 9.13 Å². The van der Waals surface area contributed by atoms with Crippen molar-refractivity contribution < 1.29 is 0 Å². The van der Waals surface area contributed by atoms with Crippen molar-refractivity contribution in [2.75, 3.05) is 6.54 Å². The largest absolute Gasteiger partial charge is 0.328 e. The molecule has 78 valence electrons. The molecule has 0 saturated carbocycles. The maximum atomic E-state index is 11.6. The van der Waals surface area contributed by atoms with E-state index in [0.29, 0.717) is 6.54 Å². The van der Waals surface area contributed by atoms with Crippen LogP contribution in [0.3, 0.4) is 0 Å². The Kier molecular flexibility index (Phi) is 2.62. The zero-order valence-corrected chi connectivity index (χ0v) is 8.65. The molecule has 0 aliphatic heterocycles. The van der Waals surface area contributed by atoms with E-state index in [-0.39, 0.29) is 0 Å². The molecule has 0 fully saturated rings. The minimum Gasteiger partial charge on any atom is -0.328 e. The minimum atomic E-state index is -0.537. The first-order chi connectivity index (χ1) is 6.40. The second kappa shape index (κ2) is 3.42. The lowest BCUT2D eigenvalue weighted by molar-refractivity contribution is 0.350. The number of rotatable bonds is 2. The number of aromatic nitrogens is 2. The van der Waals surface area contributed by atoms with Gasteiger partial charge in [-0.2, -0.15) is 0 Å². The monoisotopic (exact) mass is 197 g/mol. The van der Waals surface area contributed by atoms with Crippen molar-refractivity contribution in [3.63, 3.8) is 0 Å². The Hall–Kier alpha value is -1.36. The van der Waals surface area contributed by atoms with Gasteiger partial charge >= 0.3 is 11.1 Å². The minimum absolute atomic E-state index is 0.306. The standard InChI is InChI=1S/C9H15N3O2/c1-9(2,6-10)12-5-4-11(3)7(13)8(12)14/h4-5H,6,10H2,1-3H3. The molecule has 0 saturated heterocycles. The summed E-state index contributed by atoms with van der Waals surface area (Å²) in [5.74, 6) is 0. The van der Waals surface area contributed by atoms with E-state index >= 15 is 0 Å². The van der Waals surface area contributed by atoms with E-state index < -0.39 is 16.7 Å². The van der Waals surface area contributed by atoms with Gasteiger partial charge in [-0.05, 0) is 13.8 Å². The highest BCUT2D eigenvalue weighted by Gasteiger charge is 2.20. The molecule has 1 heterocycles. The summed E-state index contributed by atoms with van der Waals surface area (Å²) >= 11 is 0. The van der Waals surface area contributed by atoms with Gasteiger partial charge in [0.2, 0.25) is 0 Å². The van der Waals surface area contributed by atoms with Crippen LogP contribution < -0.4 is 16.9 Å². The van der Waals surface area contributed by atoms with Gasteiger partial charge in [0.15, 0.2) is 0 Å². The van der Waals surface area contributed by atoms with Gasteiger partial charge in [-0.1, -0.05) is 0 Å². The summed E-state index contributed by atoms with van der Waals surface area (Å²) in [7, 11) is 1.55. The third kappa shape index (κ3) is 1.63. The molecule has 0 bridgehead atoms. The quantitative estimate of drug-likeness (QED) is 0.634. The van der Waals surface area contributed by atoms with Crippen LogP contribution in [0.5, 0.6) is 0 Å². The molecule has 2 N–H and O–H groups in total. The molecule has 0 spiro atoms. The van der Waals surface area contributed by atoms with E-state index in [2.05, 4.69) is 0 Å². The number of hydrogen-bond donors (Lipinski definition) is 1. The van der Waals surface area contributed by atoms with Gasteiger partial charge in [0, 0.05) is 26.0 Å². The lowest BCUT2D eigenvalue weighted by Gasteiger charge is -2.25. The zero-order chi connectivity index (χ0) is 10.9. The molecule has 0 radical (unpaired) electrons. The van der Waals surface area contributed by atoms with Crippen molar-refractivity contribution in [3.8, 4) is 0 Å². The first-order valence-corrected chi connectivity index (χ1v) is 4.39. The fourth-order valence-electron chi connectivity index (χ4n) is 1.13. The highest BCUT2D eigenvalue weighted by atomic mass is 16.2. The number of hydrogen-bond acceptors (Lipinski definition) is 3. The first kappa shape index (κ1) is 10.7. The molecule has 0 aromatic carbocycles. The molecule has 0 atom stereocenters. The molecular formula is C9H15N3O2. The van der Waals surface area contributed by atoms with Crippen LogP contribution in [0.4, 0.5) is 0 Å². The predicted octanol–water partition coefficient (Wildman–Crippen LogP) is -0.759. The summed E-state index contributed by atoms with van der Waals surface area (Å²) in [5.41, 5.74) is 3.93. The molecule has 1 aromatic heterocycles. The molecule has 14 heavy (non-hydrogen) atoms. The van der Waals surface area contributed by atoms with Crippen molar-refractivity contribution >= 4 is 0 Å². The van der Waals surface area contributed by atoms with Crippen LogP contribution >= 0.6 is 0 Å². The molecular weight excluding hydrogens is 182 g/mol. The topological polar surface area (TPSA) is 70.0 Å². The molecule has 0 aliphatic carbocycles. The zero-order valence-electron chi connectivity index (χ0n) is 8.65. The lowest BCUT2D eigenvalue weighted by atomic mass is 10.1. The second-order valence-corrected chi connectivity index (χ2v) is 3.91. The van der Waals surface area contributed by atoms with Crippen LogP contribution in [0.25, 0.3) is 0 Å². The summed E-state index contributed by atoms with van der Waals surface area (Å²) in [6.07, 6.45) is 3.14. The first-order valence-electron chi connectivity index (χ1n) is 4.39. The Morgan fingerprint density at radius 3 is 2.36 bits per heavy atom. The van der Waals surface area contributed by atoms with Crippen LogP contribution in [0.15, 0.2) is 22.0 Å². The van der Waals surface area contributed by atoms with Crippen LogP contribution in [-0.2, 0) is 12.6 Å². The Bertz CT molecular complexity index is 442. The van der Waals surface area contributed by atoms with E-state index in [1.54, 1.807) is 19.4 Å². The Morgan fingerprint density at radius 2 is 1.86 bits per heavy atom. The number of aryl methyl sites for hydroxylation is 1. The average Bonchev–Trinajstić information content (AvgIpc) is 2.14. The molecule has 0 unspecified atom stereocenters. The van der Waals surface area contributed by atoms with E-state index in [9.17, 15) is 9.59 Å². The summed E-state index contributed by atoms with van der Waals surface area (Å²) < 4.78 is 2.63. The van der Waals surface area contributed by atoms with Gasteiger partial charge < -0.3 is 14.9 Å². The number of nitrogens with zero attached hydrogens (tertiary/aromatic N) is 2. The van der Waals surface area contributed by atoms with Gasteiger partial charge in [0.05, 0.1) is 5.54 Å². The highest BCUT2D eigenvalue weighted by molar-refractivity contribution is 4.92. The van der Waals surface area contributed by atoms with Crippen molar-refractivity contribution in [1.29, 1.82) is 0 Å². The van der Waals surface area contributed by atoms with Crippen LogP contribution in [0.2, 0.25) is 0 Å². The predicted molar refractivity (Wildman–Crippen MR) is 54.3 cm³/mol. The molecule has 1 aromatic rings. The van der Waals surface area contributed by atoms with E-state index in [4.69, 9.17) is 5.73 Å². The van der Waals surface area contributed by atoms with Crippen molar-refractivity contribution in [1.82, 2.24) is 9.13 Å². The van der Waals surface area contributed by atoms with Crippen molar-refractivity contribution in [2.24, 2.45) is 12.8 Å². The van der Waals surface area contributed by atoms with E-state index in [1.807, 2.05) is 13.8 Å². The Labute approximate surface area is 81.8 Å². The fraction of sp³-hybridized carbons (Fsp3) is 0.556. The van der Waals surface area contributed by atoms with Gasteiger partial charge in [-0.25, -0.2) is 0 Å². The summed E-state index contributed by atoms with van der Waals surface area (Å²) in [6.45, 7) is 3.93. The third-order valence-electron chi connectivity index (χ3n) is 2.31. The van der Waals surface area contributed by atoms with Crippen molar-refractivity contribution in [2.45, 2.75) is 19.4 Å². The number of nitrogens with two attached hydrogens (primary N) is 1. The van der Waals surface area contributed by atoms with Crippen molar-refractivity contribution in [3.05, 3.63) is 33.1 Å². The lowest BCUT2D eigenvalue weighted by Crippen LogP contribution is -2.49. The van der Waals surface area contributed by atoms with Gasteiger partial charge in [0.25, 0.3) is 0 Å². The average molecular weight is 197 g/mol. The smallest absolute Gasteiger partial charge is 0.316 e. The van der Waals surface area contributed by atoms with Crippen LogP contribution in [0, 0.1) is 0 Å². The second-order valence-electron chi connectivity index (χ2n) is 3.91. The summed E-state index contributed by atoms with van der Waals surface area (Å²) in [5, 5.41) is 0. The van der Waals surface area contributed by atoms with Crippen LogP contribution in [-0.4, -0.2) is 15.7 Å². The maximum absolute atomic E-state index is 11.6. The molecule has 1 rings (SSSR count). The molecule has 5 heteroatoms.